The van der Waals surface area contributed by atoms with Gasteiger partial charge in [0.05, 0.1) is 10.6 Å². The summed E-state index contributed by atoms with van der Waals surface area (Å²) in [6.45, 7) is -0.00473. The van der Waals surface area contributed by atoms with Crippen molar-refractivity contribution in [2.45, 2.75) is 18.9 Å². The van der Waals surface area contributed by atoms with Crippen LogP contribution in [0, 0.1) is 11.3 Å². The molecular formula is C13H13ClN2O2. The van der Waals surface area contributed by atoms with E-state index in [0.29, 0.717) is 22.4 Å². The summed E-state index contributed by atoms with van der Waals surface area (Å²) in [4.78, 5) is 13.4. The summed E-state index contributed by atoms with van der Waals surface area (Å²) in [5, 5.41) is 9.06. The fourth-order valence-electron chi connectivity index (χ4n) is 1.59. The van der Waals surface area contributed by atoms with Gasteiger partial charge in [-0.25, -0.2) is 0 Å². The third kappa shape index (κ3) is 2.93. The number of nitriles is 1. The standard InChI is InChI=1S/C13H13ClN2O2/c1-16(10-3-4-10)13(17)8-18-11-5-2-9(7-15)12(14)6-11/h2,5-6,10H,3-4,8H2,1H3. The van der Waals surface area contributed by atoms with Crippen LogP contribution in [0.2, 0.25) is 5.02 Å². The van der Waals surface area contributed by atoms with E-state index >= 15 is 0 Å². The van der Waals surface area contributed by atoms with Crippen LogP contribution < -0.4 is 4.74 Å². The second-order valence-corrected chi connectivity index (χ2v) is 4.69. The highest BCUT2D eigenvalue weighted by molar-refractivity contribution is 6.31. The van der Waals surface area contributed by atoms with Gasteiger partial charge in [0.2, 0.25) is 0 Å². The summed E-state index contributed by atoms with van der Waals surface area (Å²) in [5.41, 5.74) is 0.394. The lowest BCUT2D eigenvalue weighted by molar-refractivity contribution is -0.132. The molecule has 1 saturated carbocycles. The Hall–Kier alpha value is -1.73. The van der Waals surface area contributed by atoms with Gasteiger partial charge >= 0.3 is 0 Å². The van der Waals surface area contributed by atoms with Crippen LogP contribution in [0.25, 0.3) is 0 Å². The molecule has 0 N–H and O–H groups in total. The molecule has 0 radical (unpaired) electrons. The molecule has 4 nitrogen and oxygen atoms in total. The van der Waals surface area contributed by atoms with Gasteiger partial charge in [-0.05, 0) is 25.0 Å². The van der Waals surface area contributed by atoms with Crippen LogP contribution in [-0.2, 0) is 4.79 Å². The van der Waals surface area contributed by atoms with Crippen LogP contribution in [-0.4, -0.2) is 30.5 Å². The molecule has 0 heterocycles. The van der Waals surface area contributed by atoms with E-state index in [9.17, 15) is 4.79 Å². The Morgan fingerprint density at radius 2 is 2.33 bits per heavy atom. The van der Waals surface area contributed by atoms with Gasteiger partial charge in [0.15, 0.2) is 6.61 Å². The number of amides is 1. The minimum absolute atomic E-state index is 0.00473. The highest BCUT2D eigenvalue weighted by Gasteiger charge is 2.29. The molecule has 1 fully saturated rings. The van der Waals surface area contributed by atoms with E-state index in [-0.39, 0.29) is 12.5 Å². The van der Waals surface area contributed by atoms with Gasteiger partial charge in [0, 0.05) is 19.2 Å². The number of nitrogens with zero attached hydrogens (tertiary/aromatic N) is 2. The molecule has 0 spiro atoms. The zero-order valence-corrected chi connectivity index (χ0v) is 10.8. The summed E-state index contributed by atoms with van der Waals surface area (Å²) in [5.74, 6) is 0.453. The SMILES string of the molecule is CN(C(=O)COc1ccc(C#N)c(Cl)c1)C1CC1. The van der Waals surface area contributed by atoms with Gasteiger partial charge in [-0.1, -0.05) is 11.6 Å². The van der Waals surface area contributed by atoms with E-state index in [1.54, 1.807) is 30.1 Å². The van der Waals surface area contributed by atoms with E-state index in [1.807, 2.05) is 6.07 Å². The fourth-order valence-corrected chi connectivity index (χ4v) is 1.80. The number of hydrogen-bond donors (Lipinski definition) is 0. The number of ether oxygens (including phenoxy) is 1. The zero-order valence-electron chi connectivity index (χ0n) is 10.0. The number of carbonyl (C=O) groups excluding carboxylic acids is 1. The van der Waals surface area contributed by atoms with Crippen LogP contribution >= 0.6 is 11.6 Å². The Balaban J connectivity index is 1.92. The quantitative estimate of drug-likeness (QED) is 0.838. The largest absolute Gasteiger partial charge is 0.484 e. The second-order valence-electron chi connectivity index (χ2n) is 4.28. The van der Waals surface area contributed by atoms with Crippen LogP contribution in [0.15, 0.2) is 18.2 Å². The molecule has 1 aliphatic carbocycles. The average molecular weight is 265 g/mol. The van der Waals surface area contributed by atoms with Crippen LogP contribution in [0.5, 0.6) is 5.75 Å². The minimum atomic E-state index is -0.0435. The third-order valence-corrected chi connectivity index (χ3v) is 3.22. The predicted molar refractivity (Wildman–Crippen MR) is 67.5 cm³/mol. The maximum absolute atomic E-state index is 11.7. The first-order chi connectivity index (χ1) is 8.61. The number of halogens is 1. The van der Waals surface area contributed by atoms with Gasteiger partial charge in [0.1, 0.15) is 11.8 Å². The van der Waals surface area contributed by atoms with E-state index < -0.39 is 0 Å². The van der Waals surface area contributed by atoms with E-state index in [0.717, 1.165) is 12.8 Å². The van der Waals surface area contributed by atoms with E-state index in [2.05, 4.69) is 0 Å². The number of hydrogen-bond acceptors (Lipinski definition) is 3. The lowest BCUT2D eigenvalue weighted by Crippen LogP contribution is -2.33. The molecule has 0 aromatic heterocycles. The lowest BCUT2D eigenvalue weighted by atomic mass is 10.2. The first kappa shape index (κ1) is 12.7. The monoisotopic (exact) mass is 264 g/mol. The highest BCUT2D eigenvalue weighted by Crippen LogP contribution is 2.26. The van der Waals surface area contributed by atoms with Crippen LogP contribution in [0.1, 0.15) is 18.4 Å². The van der Waals surface area contributed by atoms with Gasteiger partial charge < -0.3 is 9.64 Å². The van der Waals surface area contributed by atoms with Crippen molar-refractivity contribution >= 4 is 17.5 Å². The van der Waals surface area contributed by atoms with Crippen molar-refractivity contribution in [1.82, 2.24) is 4.90 Å². The van der Waals surface area contributed by atoms with Gasteiger partial charge in [-0.3, -0.25) is 4.79 Å². The topological polar surface area (TPSA) is 53.3 Å². The molecule has 5 heteroatoms. The summed E-state index contributed by atoms with van der Waals surface area (Å²) in [6.07, 6.45) is 2.15. The van der Waals surface area contributed by atoms with Crippen molar-refractivity contribution in [3.05, 3.63) is 28.8 Å². The molecule has 1 aromatic carbocycles. The molecule has 18 heavy (non-hydrogen) atoms. The Labute approximate surface area is 111 Å². The summed E-state index contributed by atoms with van der Waals surface area (Å²) >= 11 is 5.87. The Kier molecular flexibility index (Phi) is 3.73. The smallest absolute Gasteiger partial charge is 0.260 e. The van der Waals surface area contributed by atoms with Crippen molar-refractivity contribution < 1.29 is 9.53 Å². The summed E-state index contributed by atoms with van der Waals surface area (Å²) < 4.78 is 5.36. The van der Waals surface area contributed by atoms with Gasteiger partial charge in [-0.15, -0.1) is 0 Å². The van der Waals surface area contributed by atoms with Crippen molar-refractivity contribution in [1.29, 1.82) is 5.26 Å². The summed E-state index contributed by atoms with van der Waals surface area (Å²) in [6, 6.07) is 7.10. The predicted octanol–water partition coefficient (Wildman–Crippen LogP) is 2.21. The Bertz CT molecular complexity index is 506. The molecule has 0 bridgehead atoms. The highest BCUT2D eigenvalue weighted by atomic mass is 35.5. The molecule has 1 amide bonds. The van der Waals surface area contributed by atoms with Crippen molar-refractivity contribution in [3.63, 3.8) is 0 Å². The number of likely N-dealkylation sites (N-methyl/N-ethyl adjacent to an activating group) is 1. The van der Waals surface area contributed by atoms with Crippen LogP contribution in [0.4, 0.5) is 0 Å². The van der Waals surface area contributed by atoms with Gasteiger partial charge in [0.25, 0.3) is 5.91 Å². The molecule has 1 aliphatic rings. The molecular weight excluding hydrogens is 252 g/mol. The molecule has 0 unspecified atom stereocenters. The maximum atomic E-state index is 11.7. The molecule has 1 aromatic rings. The minimum Gasteiger partial charge on any atom is -0.484 e. The summed E-state index contributed by atoms with van der Waals surface area (Å²) in [7, 11) is 1.79. The maximum Gasteiger partial charge on any atom is 0.260 e. The molecule has 0 aliphatic heterocycles. The van der Waals surface area contributed by atoms with Crippen molar-refractivity contribution in [2.75, 3.05) is 13.7 Å². The first-order valence-electron chi connectivity index (χ1n) is 5.70. The Morgan fingerprint density at radius 3 is 2.89 bits per heavy atom. The molecule has 2 rings (SSSR count). The average Bonchev–Trinajstić information content (AvgIpc) is 3.19. The number of rotatable bonds is 4. The third-order valence-electron chi connectivity index (χ3n) is 2.91. The molecule has 0 atom stereocenters. The number of carbonyl (C=O) groups is 1. The molecule has 94 valence electrons. The van der Waals surface area contributed by atoms with Gasteiger partial charge in [-0.2, -0.15) is 5.26 Å². The number of benzene rings is 1. The molecule has 0 saturated heterocycles. The fraction of sp³-hybridized carbons (Fsp3) is 0.385. The van der Waals surface area contributed by atoms with E-state index in [1.165, 1.54) is 0 Å². The van der Waals surface area contributed by atoms with Crippen molar-refractivity contribution in [3.8, 4) is 11.8 Å². The van der Waals surface area contributed by atoms with Crippen molar-refractivity contribution in [2.24, 2.45) is 0 Å². The Morgan fingerprint density at radius 1 is 1.61 bits per heavy atom. The second kappa shape index (κ2) is 5.28. The first-order valence-corrected chi connectivity index (χ1v) is 6.07. The zero-order chi connectivity index (χ0) is 13.1. The normalized spacial score (nSPS) is 13.8. The van der Waals surface area contributed by atoms with E-state index in [4.69, 9.17) is 21.6 Å². The lowest BCUT2D eigenvalue weighted by Gasteiger charge is -2.16. The van der Waals surface area contributed by atoms with Crippen LogP contribution in [0.3, 0.4) is 0 Å².